The fraction of sp³-hybridized carbons (Fsp3) is 0.500. The molecule has 1 rings (SSSR count). The minimum Gasteiger partial charge on any atom is -0.374 e. The molecule has 0 radical (unpaired) electrons. The molecule has 0 unspecified atom stereocenters. The molecule has 0 amide bonds. The van der Waals surface area contributed by atoms with Gasteiger partial charge in [0.25, 0.3) is 0 Å². The smallest absolute Gasteiger partial charge is 0.0404 e. The number of aryl methyl sites for hydroxylation is 1. The molecule has 0 fully saturated rings. The molecule has 3 heteroatoms. The molecule has 1 aromatic rings. The molecule has 0 spiro atoms. The maximum atomic E-state index is 5.48. The fourth-order valence-corrected chi connectivity index (χ4v) is 1.96. The van der Waals surface area contributed by atoms with E-state index in [0.717, 1.165) is 30.4 Å². The summed E-state index contributed by atoms with van der Waals surface area (Å²) in [7, 11) is 2.13. The predicted octanol–water partition coefficient (Wildman–Crippen LogP) is 2.93. The van der Waals surface area contributed by atoms with Gasteiger partial charge in [-0.3, -0.25) is 0 Å². The largest absolute Gasteiger partial charge is 0.374 e. The normalized spacial score (nSPS) is 10.4. The first-order valence-electron chi connectivity index (χ1n) is 5.32. The lowest BCUT2D eigenvalue weighted by atomic mass is 10.2. The SMILES string of the molecule is Cc1ccc(Br)cc1N(C)CCCCN. The van der Waals surface area contributed by atoms with E-state index in [9.17, 15) is 0 Å². The minimum absolute atomic E-state index is 0.783. The summed E-state index contributed by atoms with van der Waals surface area (Å²) in [6, 6.07) is 6.38. The second kappa shape index (κ2) is 6.13. The quantitative estimate of drug-likeness (QED) is 0.834. The van der Waals surface area contributed by atoms with Gasteiger partial charge in [0.2, 0.25) is 0 Å². The first kappa shape index (κ1) is 12.5. The van der Waals surface area contributed by atoms with Crippen molar-refractivity contribution in [2.24, 2.45) is 5.73 Å². The van der Waals surface area contributed by atoms with Crippen molar-refractivity contribution in [3.63, 3.8) is 0 Å². The Morgan fingerprint density at radius 1 is 1.33 bits per heavy atom. The summed E-state index contributed by atoms with van der Waals surface area (Å²) >= 11 is 3.50. The number of nitrogens with two attached hydrogens (primary N) is 1. The summed E-state index contributed by atoms with van der Waals surface area (Å²) in [6.45, 7) is 3.99. The van der Waals surface area contributed by atoms with Crippen LogP contribution in [0.3, 0.4) is 0 Å². The van der Waals surface area contributed by atoms with Crippen LogP contribution in [0.25, 0.3) is 0 Å². The van der Waals surface area contributed by atoms with Crippen LogP contribution in [-0.2, 0) is 0 Å². The molecule has 0 atom stereocenters. The van der Waals surface area contributed by atoms with E-state index in [1.807, 2.05) is 0 Å². The number of benzene rings is 1. The Morgan fingerprint density at radius 3 is 2.73 bits per heavy atom. The molecule has 0 bridgehead atoms. The highest BCUT2D eigenvalue weighted by molar-refractivity contribution is 9.10. The Kier molecular flexibility index (Phi) is 5.12. The van der Waals surface area contributed by atoms with Crippen molar-refractivity contribution in [2.75, 3.05) is 25.0 Å². The second-order valence-electron chi connectivity index (χ2n) is 3.85. The highest BCUT2D eigenvalue weighted by Gasteiger charge is 2.04. The zero-order valence-electron chi connectivity index (χ0n) is 9.46. The van der Waals surface area contributed by atoms with Gasteiger partial charge < -0.3 is 10.6 Å². The van der Waals surface area contributed by atoms with Gasteiger partial charge in [-0.05, 0) is 44.0 Å². The number of rotatable bonds is 5. The Hall–Kier alpha value is -0.540. The van der Waals surface area contributed by atoms with E-state index >= 15 is 0 Å². The van der Waals surface area contributed by atoms with Crippen LogP contribution in [0.15, 0.2) is 22.7 Å². The van der Waals surface area contributed by atoms with Gasteiger partial charge in [-0.25, -0.2) is 0 Å². The van der Waals surface area contributed by atoms with E-state index in [0.29, 0.717) is 0 Å². The standard InChI is InChI=1S/C12H19BrN2/c1-10-5-6-11(13)9-12(10)15(2)8-4-3-7-14/h5-6,9H,3-4,7-8,14H2,1-2H3. The molecule has 0 saturated heterocycles. The average molecular weight is 271 g/mol. The summed E-state index contributed by atoms with van der Waals surface area (Å²) < 4.78 is 1.13. The second-order valence-corrected chi connectivity index (χ2v) is 4.76. The number of hydrogen-bond acceptors (Lipinski definition) is 2. The molecule has 0 heterocycles. The van der Waals surface area contributed by atoms with Crippen molar-refractivity contribution in [3.8, 4) is 0 Å². The minimum atomic E-state index is 0.783. The number of hydrogen-bond donors (Lipinski definition) is 1. The molecule has 0 aliphatic rings. The zero-order chi connectivity index (χ0) is 11.3. The van der Waals surface area contributed by atoms with Crippen LogP contribution in [0.1, 0.15) is 18.4 Å². The van der Waals surface area contributed by atoms with Crippen LogP contribution in [-0.4, -0.2) is 20.1 Å². The number of anilines is 1. The lowest BCUT2D eigenvalue weighted by molar-refractivity contribution is 0.727. The van der Waals surface area contributed by atoms with E-state index in [1.54, 1.807) is 0 Å². The maximum absolute atomic E-state index is 5.48. The molecular weight excluding hydrogens is 252 g/mol. The third kappa shape index (κ3) is 3.84. The molecule has 15 heavy (non-hydrogen) atoms. The molecule has 2 N–H and O–H groups in total. The highest BCUT2D eigenvalue weighted by atomic mass is 79.9. The van der Waals surface area contributed by atoms with Gasteiger partial charge in [0.15, 0.2) is 0 Å². The summed E-state index contributed by atoms with van der Waals surface area (Å²) in [6.07, 6.45) is 2.25. The topological polar surface area (TPSA) is 29.3 Å². The molecule has 0 aliphatic carbocycles. The summed E-state index contributed by atoms with van der Waals surface area (Å²) in [5, 5.41) is 0. The van der Waals surface area contributed by atoms with Gasteiger partial charge in [0.05, 0.1) is 0 Å². The van der Waals surface area contributed by atoms with Crippen molar-refractivity contribution in [1.29, 1.82) is 0 Å². The number of nitrogens with zero attached hydrogens (tertiary/aromatic N) is 1. The fourth-order valence-electron chi connectivity index (χ4n) is 1.61. The lowest BCUT2D eigenvalue weighted by Gasteiger charge is -2.21. The van der Waals surface area contributed by atoms with Gasteiger partial charge in [0.1, 0.15) is 0 Å². The van der Waals surface area contributed by atoms with Gasteiger partial charge in [-0.2, -0.15) is 0 Å². The number of halogens is 1. The van der Waals surface area contributed by atoms with Gasteiger partial charge >= 0.3 is 0 Å². The highest BCUT2D eigenvalue weighted by Crippen LogP contribution is 2.23. The average Bonchev–Trinajstić information content (AvgIpc) is 2.22. The molecule has 0 saturated carbocycles. The molecule has 84 valence electrons. The summed E-state index contributed by atoms with van der Waals surface area (Å²) in [5.41, 5.74) is 8.09. The number of unbranched alkanes of at least 4 members (excludes halogenated alkanes) is 1. The Labute approximate surface area is 101 Å². The molecule has 0 aromatic heterocycles. The van der Waals surface area contributed by atoms with E-state index in [-0.39, 0.29) is 0 Å². The van der Waals surface area contributed by atoms with Gasteiger partial charge in [0, 0.05) is 23.8 Å². The van der Waals surface area contributed by atoms with Crippen LogP contribution >= 0.6 is 15.9 Å². The monoisotopic (exact) mass is 270 g/mol. The van der Waals surface area contributed by atoms with Crippen LogP contribution in [0.2, 0.25) is 0 Å². The van der Waals surface area contributed by atoms with E-state index in [4.69, 9.17) is 5.73 Å². The first-order valence-corrected chi connectivity index (χ1v) is 6.12. The van der Waals surface area contributed by atoms with Crippen molar-refractivity contribution in [2.45, 2.75) is 19.8 Å². The van der Waals surface area contributed by atoms with Gasteiger partial charge in [-0.15, -0.1) is 0 Å². The maximum Gasteiger partial charge on any atom is 0.0404 e. The Balaban J connectivity index is 2.64. The van der Waals surface area contributed by atoms with Gasteiger partial charge in [-0.1, -0.05) is 22.0 Å². The van der Waals surface area contributed by atoms with Crippen LogP contribution in [0.5, 0.6) is 0 Å². The van der Waals surface area contributed by atoms with E-state index in [1.165, 1.54) is 11.3 Å². The zero-order valence-corrected chi connectivity index (χ0v) is 11.0. The molecule has 0 aliphatic heterocycles. The third-order valence-electron chi connectivity index (χ3n) is 2.53. The summed E-state index contributed by atoms with van der Waals surface area (Å²) in [5.74, 6) is 0. The van der Waals surface area contributed by atoms with Crippen LogP contribution < -0.4 is 10.6 Å². The van der Waals surface area contributed by atoms with Crippen molar-refractivity contribution in [1.82, 2.24) is 0 Å². The molecule has 2 nitrogen and oxygen atoms in total. The lowest BCUT2D eigenvalue weighted by Crippen LogP contribution is -2.20. The van der Waals surface area contributed by atoms with Crippen molar-refractivity contribution in [3.05, 3.63) is 28.2 Å². The van der Waals surface area contributed by atoms with Crippen molar-refractivity contribution < 1.29 is 0 Å². The van der Waals surface area contributed by atoms with Crippen molar-refractivity contribution >= 4 is 21.6 Å². The van der Waals surface area contributed by atoms with Crippen LogP contribution in [0.4, 0.5) is 5.69 Å². The molecule has 1 aromatic carbocycles. The van der Waals surface area contributed by atoms with E-state index < -0.39 is 0 Å². The summed E-state index contributed by atoms with van der Waals surface area (Å²) in [4.78, 5) is 2.29. The Morgan fingerprint density at radius 2 is 2.07 bits per heavy atom. The van der Waals surface area contributed by atoms with E-state index in [2.05, 4.69) is 53.0 Å². The Bertz CT molecular complexity index is 312. The predicted molar refractivity (Wildman–Crippen MR) is 70.4 cm³/mol. The third-order valence-corrected chi connectivity index (χ3v) is 3.02. The molecular formula is C12H19BrN2. The van der Waals surface area contributed by atoms with Crippen LogP contribution in [0, 0.1) is 6.92 Å². The first-order chi connectivity index (χ1) is 7.15.